The Morgan fingerprint density at radius 3 is 2.36 bits per heavy atom. The maximum absolute atomic E-state index is 12.8. The molecule has 0 saturated carbocycles. The van der Waals surface area contributed by atoms with Gasteiger partial charge in [-0.05, 0) is 80.0 Å². The van der Waals surface area contributed by atoms with Gasteiger partial charge in [-0.15, -0.1) is 0 Å². The normalized spacial score (nSPS) is 15.3. The lowest BCUT2D eigenvalue weighted by atomic mass is 10.1. The number of ether oxygens (including phenoxy) is 1. The number of carbonyl (C=O) groups excluding carboxylic acids is 1. The number of methoxy groups -OCH3 is 1. The first kappa shape index (κ1) is 23.4. The van der Waals surface area contributed by atoms with Crippen molar-refractivity contribution in [2.24, 2.45) is 0 Å². The first-order valence-corrected chi connectivity index (χ1v) is 12.5. The van der Waals surface area contributed by atoms with E-state index in [0.29, 0.717) is 11.6 Å². The van der Waals surface area contributed by atoms with Crippen molar-refractivity contribution in [3.05, 3.63) is 77.0 Å². The van der Waals surface area contributed by atoms with E-state index in [-0.39, 0.29) is 21.8 Å². The van der Waals surface area contributed by atoms with E-state index >= 15 is 0 Å². The summed E-state index contributed by atoms with van der Waals surface area (Å²) in [6, 6.07) is 16.2. The fraction of sp³-hybridized carbons (Fsp3) is 0.292. The van der Waals surface area contributed by atoms with Crippen molar-refractivity contribution in [1.29, 1.82) is 0 Å². The van der Waals surface area contributed by atoms with E-state index in [2.05, 4.69) is 10.2 Å². The fourth-order valence-electron chi connectivity index (χ4n) is 3.93. The van der Waals surface area contributed by atoms with Crippen molar-refractivity contribution in [2.45, 2.75) is 28.9 Å². The second-order valence-electron chi connectivity index (χ2n) is 7.82. The second kappa shape index (κ2) is 9.99. The number of rotatable bonds is 8. The van der Waals surface area contributed by atoms with Gasteiger partial charge < -0.3 is 14.5 Å². The number of amides is 1. The van der Waals surface area contributed by atoms with Gasteiger partial charge >= 0.3 is 0 Å². The molecule has 3 aromatic rings. The number of hydrogen-bond donors (Lipinski definition) is 1. The highest BCUT2D eigenvalue weighted by molar-refractivity contribution is 7.91. The number of hydrogen-bond acceptors (Lipinski definition) is 6. The molecule has 0 spiro atoms. The molecule has 4 rings (SSSR count). The zero-order valence-electron chi connectivity index (χ0n) is 18.2. The van der Waals surface area contributed by atoms with Gasteiger partial charge in [-0.2, -0.15) is 0 Å². The minimum atomic E-state index is -3.89. The number of benzene rings is 2. The maximum atomic E-state index is 12.8. The van der Waals surface area contributed by atoms with Crippen molar-refractivity contribution >= 4 is 27.3 Å². The molecule has 1 amide bonds. The third-order valence-corrected chi connectivity index (χ3v) is 7.63. The van der Waals surface area contributed by atoms with Crippen molar-refractivity contribution in [3.8, 4) is 5.75 Å². The van der Waals surface area contributed by atoms with E-state index in [4.69, 9.17) is 20.8 Å². The molecule has 1 fully saturated rings. The molecule has 0 radical (unpaired) electrons. The van der Waals surface area contributed by atoms with Crippen LogP contribution < -0.4 is 10.1 Å². The zero-order valence-corrected chi connectivity index (χ0v) is 19.7. The lowest BCUT2D eigenvalue weighted by molar-refractivity contribution is 0.0905. The molecule has 2 heterocycles. The first-order chi connectivity index (χ1) is 15.9. The smallest absolute Gasteiger partial charge is 0.287 e. The van der Waals surface area contributed by atoms with Gasteiger partial charge in [0.25, 0.3) is 5.91 Å². The molecule has 0 bridgehead atoms. The van der Waals surface area contributed by atoms with Crippen molar-refractivity contribution < 1.29 is 22.4 Å². The molecule has 0 aliphatic carbocycles. The Morgan fingerprint density at radius 2 is 1.73 bits per heavy atom. The summed E-state index contributed by atoms with van der Waals surface area (Å²) in [6.45, 7) is 2.28. The monoisotopic (exact) mass is 488 g/mol. The molecule has 1 aliphatic rings. The molecule has 9 heteroatoms. The van der Waals surface area contributed by atoms with E-state index in [1.807, 2.05) is 24.3 Å². The molecule has 2 aromatic carbocycles. The summed E-state index contributed by atoms with van der Waals surface area (Å²) in [5, 5.41) is 3.04. The molecular weight excluding hydrogens is 464 g/mol. The number of sulfone groups is 1. The molecule has 1 unspecified atom stereocenters. The number of nitrogens with one attached hydrogen (secondary N) is 1. The predicted molar refractivity (Wildman–Crippen MR) is 124 cm³/mol. The van der Waals surface area contributed by atoms with Crippen LogP contribution in [0.3, 0.4) is 0 Å². The van der Waals surface area contributed by atoms with Gasteiger partial charge in [0.05, 0.1) is 18.0 Å². The average Bonchev–Trinajstić information content (AvgIpc) is 3.53. The van der Waals surface area contributed by atoms with Crippen molar-refractivity contribution in [3.63, 3.8) is 0 Å². The quantitative estimate of drug-likeness (QED) is 0.507. The third kappa shape index (κ3) is 5.24. The van der Waals surface area contributed by atoms with Crippen LogP contribution in [0.5, 0.6) is 5.75 Å². The standard InChI is InChI=1S/C24H25ClN2O5S/c1-31-19-8-4-17(5-9-19)21(27-14-2-3-15-27)16-26-24(28)22-12-13-23(32-22)33(29,30)20-10-6-18(25)7-11-20/h4-13,21H,2-3,14-16H2,1H3,(H,26,28). The van der Waals surface area contributed by atoms with E-state index in [1.165, 1.54) is 36.4 Å². The van der Waals surface area contributed by atoms with Crippen molar-refractivity contribution in [1.82, 2.24) is 10.2 Å². The van der Waals surface area contributed by atoms with Gasteiger partial charge in [0.15, 0.2) is 5.76 Å². The topological polar surface area (TPSA) is 88.8 Å². The predicted octanol–water partition coefficient (Wildman–Crippen LogP) is 4.34. The summed E-state index contributed by atoms with van der Waals surface area (Å²) in [7, 11) is -2.26. The number of nitrogens with zero attached hydrogens (tertiary/aromatic N) is 1. The highest BCUT2D eigenvalue weighted by Crippen LogP contribution is 2.27. The third-order valence-electron chi connectivity index (χ3n) is 5.73. The van der Waals surface area contributed by atoms with Gasteiger partial charge in [-0.3, -0.25) is 9.69 Å². The minimum Gasteiger partial charge on any atom is -0.497 e. The van der Waals surface area contributed by atoms with Gasteiger partial charge in [-0.1, -0.05) is 23.7 Å². The highest BCUT2D eigenvalue weighted by Gasteiger charge is 2.26. The SMILES string of the molecule is COc1ccc(C(CNC(=O)c2ccc(S(=O)(=O)c3ccc(Cl)cc3)o2)N2CCCC2)cc1. The zero-order chi connectivity index (χ0) is 23.4. The van der Waals surface area contributed by atoms with Crippen LogP contribution in [-0.4, -0.2) is 46.0 Å². The summed E-state index contributed by atoms with van der Waals surface area (Å²) < 4.78 is 36.2. The number of likely N-dealkylation sites (tertiary alicyclic amines) is 1. The van der Waals surface area contributed by atoms with Crippen LogP contribution in [0.15, 0.2) is 75.1 Å². The Bertz CT molecular complexity index is 1200. The average molecular weight is 489 g/mol. The van der Waals surface area contributed by atoms with Gasteiger partial charge in [0, 0.05) is 11.6 Å². The van der Waals surface area contributed by atoms with Crippen LogP contribution in [-0.2, 0) is 9.84 Å². The fourth-order valence-corrected chi connectivity index (χ4v) is 5.23. The molecule has 1 aromatic heterocycles. The van der Waals surface area contributed by atoms with E-state index in [1.54, 1.807) is 7.11 Å². The Kier molecular flexibility index (Phi) is 7.07. The van der Waals surface area contributed by atoms with Gasteiger partial charge in [0.1, 0.15) is 5.75 Å². The minimum absolute atomic E-state index is 0.00501. The second-order valence-corrected chi connectivity index (χ2v) is 10.1. The number of furan rings is 1. The summed E-state index contributed by atoms with van der Waals surface area (Å²) in [4.78, 5) is 15.1. The summed E-state index contributed by atoms with van der Waals surface area (Å²) in [5.74, 6) is 0.246. The Balaban J connectivity index is 1.48. The number of carbonyl (C=O) groups is 1. The van der Waals surface area contributed by atoms with Gasteiger partial charge in [-0.25, -0.2) is 8.42 Å². The van der Waals surface area contributed by atoms with Crippen LogP contribution in [0, 0.1) is 0 Å². The highest BCUT2D eigenvalue weighted by atomic mass is 35.5. The van der Waals surface area contributed by atoms with Crippen LogP contribution in [0.4, 0.5) is 0 Å². The maximum Gasteiger partial charge on any atom is 0.287 e. The molecule has 174 valence electrons. The van der Waals surface area contributed by atoms with Crippen LogP contribution in [0.25, 0.3) is 0 Å². The summed E-state index contributed by atoms with van der Waals surface area (Å²) in [5.41, 5.74) is 1.07. The lowest BCUT2D eigenvalue weighted by Crippen LogP contribution is -2.36. The van der Waals surface area contributed by atoms with E-state index < -0.39 is 15.7 Å². The molecule has 1 aliphatic heterocycles. The molecule has 7 nitrogen and oxygen atoms in total. The van der Waals surface area contributed by atoms with Crippen LogP contribution >= 0.6 is 11.6 Å². The largest absolute Gasteiger partial charge is 0.497 e. The Labute approximate surface area is 198 Å². The van der Waals surface area contributed by atoms with Crippen molar-refractivity contribution in [2.75, 3.05) is 26.7 Å². The van der Waals surface area contributed by atoms with E-state index in [9.17, 15) is 13.2 Å². The van der Waals surface area contributed by atoms with Gasteiger partial charge in [0.2, 0.25) is 14.9 Å². The number of halogens is 1. The molecule has 33 heavy (non-hydrogen) atoms. The van der Waals surface area contributed by atoms with Crippen LogP contribution in [0.2, 0.25) is 5.02 Å². The first-order valence-electron chi connectivity index (χ1n) is 10.6. The molecular formula is C24H25ClN2O5S. The Hall–Kier alpha value is -2.81. The summed E-state index contributed by atoms with van der Waals surface area (Å²) in [6.07, 6.45) is 2.23. The Morgan fingerprint density at radius 1 is 1.06 bits per heavy atom. The van der Waals surface area contributed by atoms with E-state index in [0.717, 1.165) is 37.2 Å². The lowest BCUT2D eigenvalue weighted by Gasteiger charge is -2.28. The van der Waals surface area contributed by atoms with Crippen LogP contribution in [0.1, 0.15) is 35.0 Å². The molecule has 1 N–H and O–H groups in total. The molecule has 1 atom stereocenters. The summed E-state index contributed by atoms with van der Waals surface area (Å²) >= 11 is 5.84. The molecule has 1 saturated heterocycles.